The lowest BCUT2D eigenvalue weighted by atomic mass is 10.1. The van der Waals surface area contributed by atoms with Crippen LogP contribution in [0.25, 0.3) is 0 Å². The largest absolute Gasteiger partial charge is 0.492 e. The topological polar surface area (TPSA) is 35.2 Å². The van der Waals surface area contributed by atoms with E-state index >= 15 is 0 Å². The maximum atomic E-state index is 13.3. The van der Waals surface area contributed by atoms with Crippen molar-refractivity contribution >= 4 is 21.6 Å². The predicted octanol–water partition coefficient (Wildman–Crippen LogP) is 2.50. The third kappa shape index (κ3) is 1.39. The summed E-state index contributed by atoms with van der Waals surface area (Å²) in [7, 11) is 0. The van der Waals surface area contributed by atoms with Gasteiger partial charge in [-0.3, -0.25) is 0 Å². The minimum absolute atomic E-state index is 0.177. The Kier molecular flexibility index (Phi) is 2.15. The smallest absolute Gasteiger partial charge is 0.164 e. The number of halogens is 2. The third-order valence-electron chi connectivity index (χ3n) is 2.10. The Labute approximate surface area is 84.0 Å². The van der Waals surface area contributed by atoms with Gasteiger partial charge in [0.05, 0.1) is 16.8 Å². The Morgan fingerprint density at radius 1 is 1.54 bits per heavy atom. The summed E-state index contributed by atoms with van der Waals surface area (Å²) in [5, 5.41) is 0. The zero-order valence-corrected chi connectivity index (χ0v) is 8.53. The molecule has 1 aliphatic heterocycles. The first-order valence-electron chi connectivity index (χ1n) is 4.09. The number of nitrogen functional groups attached to an aromatic ring is 1. The molecule has 1 aromatic rings. The fraction of sp³-hybridized carbons (Fsp3) is 0.333. The van der Waals surface area contributed by atoms with Crippen molar-refractivity contribution in [2.75, 3.05) is 12.3 Å². The number of ether oxygens (including phenoxy) is 1. The van der Waals surface area contributed by atoms with Gasteiger partial charge in [-0.25, -0.2) is 4.39 Å². The summed E-state index contributed by atoms with van der Waals surface area (Å²) in [4.78, 5) is 0. The van der Waals surface area contributed by atoms with E-state index in [-0.39, 0.29) is 5.69 Å². The summed E-state index contributed by atoms with van der Waals surface area (Å²) in [6, 6.07) is 1.65. The molecular weight excluding hydrogens is 237 g/mol. The van der Waals surface area contributed by atoms with Crippen molar-refractivity contribution < 1.29 is 9.13 Å². The van der Waals surface area contributed by atoms with Gasteiger partial charge in [0.25, 0.3) is 0 Å². The maximum Gasteiger partial charge on any atom is 0.164 e. The van der Waals surface area contributed by atoms with Gasteiger partial charge in [0, 0.05) is 0 Å². The lowest BCUT2D eigenvalue weighted by Gasteiger charge is -2.19. The van der Waals surface area contributed by atoms with Crippen LogP contribution in [-0.2, 0) is 6.42 Å². The Bertz CT molecular complexity index is 354. The second-order valence-electron chi connectivity index (χ2n) is 3.03. The van der Waals surface area contributed by atoms with Crippen molar-refractivity contribution in [3.05, 3.63) is 21.9 Å². The fourth-order valence-corrected chi connectivity index (χ4v) is 2.06. The average Bonchev–Trinajstić information content (AvgIpc) is 2.15. The number of hydrogen-bond acceptors (Lipinski definition) is 2. The van der Waals surface area contributed by atoms with E-state index in [1.165, 1.54) is 0 Å². The van der Waals surface area contributed by atoms with Crippen LogP contribution in [0.2, 0.25) is 0 Å². The summed E-state index contributed by atoms with van der Waals surface area (Å²) >= 11 is 3.14. The summed E-state index contributed by atoms with van der Waals surface area (Å²) in [6.07, 6.45) is 1.86. The van der Waals surface area contributed by atoms with E-state index in [0.717, 1.165) is 18.4 Å². The van der Waals surface area contributed by atoms with Gasteiger partial charge in [0.2, 0.25) is 0 Å². The number of nitrogens with two attached hydrogens (primary N) is 1. The van der Waals surface area contributed by atoms with Crippen LogP contribution < -0.4 is 10.5 Å². The van der Waals surface area contributed by atoms with Crippen LogP contribution in [-0.4, -0.2) is 6.61 Å². The molecule has 0 unspecified atom stereocenters. The molecule has 0 fully saturated rings. The van der Waals surface area contributed by atoms with Crippen LogP contribution >= 0.6 is 15.9 Å². The van der Waals surface area contributed by atoms with Crippen molar-refractivity contribution in [1.82, 2.24) is 0 Å². The Morgan fingerprint density at radius 3 is 3.08 bits per heavy atom. The van der Waals surface area contributed by atoms with E-state index in [0.29, 0.717) is 16.8 Å². The summed E-state index contributed by atoms with van der Waals surface area (Å²) < 4.78 is 19.0. The fourth-order valence-electron chi connectivity index (χ4n) is 1.46. The molecule has 0 saturated heterocycles. The first-order valence-corrected chi connectivity index (χ1v) is 4.88. The van der Waals surface area contributed by atoms with Crippen molar-refractivity contribution in [2.45, 2.75) is 12.8 Å². The van der Waals surface area contributed by atoms with Crippen molar-refractivity contribution in [3.8, 4) is 5.75 Å². The maximum absolute atomic E-state index is 13.3. The minimum atomic E-state index is -0.430. The predicted molar refractivity (Wildman–Crippen MR) is 52.3 cm³/mol. The van der Waals surface area contributed by atoms with Crippen LogP contribution in [0.1, 0.15) is 12.0 Å². The highest BCUT2D eigenvalue weighted by Gasteiger charge is 2.18. The second kappa shape index (κ2) is 3.18. The van der Waals surface area contributed by atoms with Gasteiger partial charge >= 0.3 is 0 Å². The van der Waals surface area contributed by atoms with Gasteiger partial charge in [0.15, 0.2) is 5.82 Å². The zero-order valence-electron chi connectivity index (χ0n) is 6.94. The van der Waals surface area contributed by atoms with Gasteiger partial charge in [-0.15, -0.1) is 0 Å². The Hall–Kier alpha value is -0.770. The number of aryl methyl sites for hydroxylation is 1. The molecule has 0 aliphatic carbocycles. The van der Waals surface area contributed by atoms with Crippen molar-refractivity contribution in [3.63, 3.8) is 0 Å². The molecule has 0 amide bonds. The minimum Gasteiger partial charge on any atom is -0.492 e. The van der Waals surface area contributed by atoms with Crippen molar-refractivity contribution in [1.29, 1.82) is 0 Å². The van der Waals surface area contributed by atoms with E-state index in [2.05, 4.69) is 15.9 Å². The van der Waals surface area contributed by atoms with Crippen LogP contribution in [0.4, 0.5) is 10.1 Å². The van der Waals surface area contributed by atoms with Crippen LogP contribution in [0, 0.1) is 5.82 Å². The van der Waals surface area contributed by atoms with Gasteiger partial charge in [0.1, 0.15) is 5.75 Å². The quantitative estimate of drug-likeness (QED) is 0.714. The normalized spacial score (nSPS) is 14.9. The highest BCUT2D eigenvalue weighted by molar-refractivity contribution is 9.10. The lowest BCUT2D eigenvalue weighted by molar-refractivity contribution is 0.284. The van der Waals surface area contributed by atoms with Crippen molar-refractivity contribution in [2.24, 2.45) is 0 Å². The molecule has 0 radical (unpaired) electrons. The van der Waals surface area contributed by atoms with Crippen LogP contribution in [0.5, 0.6) is 5.75 Å². The molecular formula is C9H9BrFNO. The lowest BCUT2D eigenvalue weighted by Crippen LogP contribution is -2.10. The van der Waals surface area contributed by atoms with Gasteiger partial charge in [-0.2, -0.15) is 0 Å². The monoisotopic (exact) mass is 245 g/mol. The van der Waals surface area contributed by atoms with Gasteiger partial charge in [-0.1, -0.05) is 0 Å². The molecule has 2 rings (SSSR count). The molecule has 1 heterocycles. The molecule has 0 atom stereocenters. The summed E-state index contributed by atoms with van der Waals surface area (Å²) in [5.41, 5.74) is 6.64. The molecule has 1 aliphatic rings. The molecule has 1 aromatic carbocycles. The molecule has 70 valence electrons. The van der Waals surface area contributed by atoms with E-state index < -0.39 is 5.82 Å². The molecule has 2 nitrogen and oxygen atoms in total. The highest BCUT2D eigenvalue weighted by Crippen LogP contribution is 2.37. The highest BCUT2D eigenvalue weighted by atomic mass is 79.9. The second-order valence-corrected chi connectivity index (χ2v) is 3.83. The Balaban J connectivity index is 2.60. The number of rotatable bonds is 0. The number of anilines is 1. The third-order valence-corrected chi connectivity index (χ3v) is 2.81. The number of benzene rings is 1. The SMILES string of the molecule is Nc1cc2c(c(Br)c1F)OCCC2. The first-order chi connectivity index (χ1) is 6.20. The molecule has 0 bridgehead atoms. The molecule has 0 spiro atoms. The zero-order chi connectivity index (χ0) is 9.42. The average molecular weight is 246 g/mol. The Morgan fingerprint density at radius 2 is 2.31 bits per heavy atom. The first kappa shape index (κ1) is 8.81. The molecule has 13 heavy (non-hydrogen) atoms. The molecule has 4 heteroatoms. The van der Waals surface area contributed by atoms with Gasteiger partial charge in [-0.05, 0) is 40.4 Å². The summed E-state index contributed by atoms with van der Waals surface area (Å²) in [5.74, 6) is 0.179. The van der Waals surface area contributed by atoms with E-state index in [1.54, 1.807) is 6.07 Å². The molecule has 0 aromatic heterocycles. The number of fused-ring (bicyclic) bond motifs is 1. The van der Waals surface area contributed by atoms with E-state index in [9.17, 15) is 4.39 Å². The summed E-state index contributed by atoms with van der Waals surface area (Å²) in [6.45, 7) is 0.648. The number of hydrogen-bond donors (Lipinski definition) is 1. The molecule has 2 N–H and O–H groups in total. The van der Waals surface area contributed by atoms with E-state index in [4.69, 9.17) is 10.5 Å². The van der Waals surface area contributed by atoms with Crippen LogP contribution in [0.3, 0.4) is 0 Å². The van der Waals surface area contributed by atoms with Gasteiger partial charge < -0.3 is 10.5 Å². The molecule has 0 saturated carbocycles. The van der Waals surface area contributed by atoms with Crippen LogP contribution in [0.15, 0.2) is 10.5 Å². The van der Waals surface area contributed by atoms with E-state index in [1.807, 2.05) is 0 Å². The standard InChI is InChI=1S/C9H9BrFNO/c10-7-8(11)6(12)4-5-2-1-3-13-9(5)7/h4H,1-3,12H2.